The summed E-state index contributed by atoms with van der Waals surface area (Å²) >= 11 is 1.56. The first-order valence-corrected chi connectivity index (χ1v) is 11.9. The number of unbranched alkanes of at least 4 members (excludes halogenated alkanes) is 1. The molecular weight excluding hydrogens is 430 g/mol. The summed E-state index contributed by atoms with van der Waals surface area (Å²) in [6.45, 7) is 5.50. The van der Waals surface area contributed by atoms with Crippen molar-refractivity contribution in [3.05, 3.63) is 71.7 Å². The molecule has 4 rings (SSSR count). The number of rotatable bonds is 7. The van der Waals surface area contributed by atoms with E-state index in [-0.39, 0.29) is 5.91 Å². The van der Waals surface area contributed by atoms with Crippen LogP contribution in [0.2, 0.25) is 0 Å². The summed E-state index contributed by atoms with van der Waals surface area (Å²) in [7, 11) is 0. The number of aliphatic imine (C=N–C) groups is 1. The first-order chi connectivity index (χ1) is 15.8. The molecule has 0 spiro atoms. The fourth-order valence-electron chi connectivity index (χ4n) is 3.56. The Hall–Kier alpha value is -3.31. The van der Waals surface area contributed by atoms with Crippen LogP contribution in [0.1, 0.15) is 45.6 Å². The van der Waals surface area contributed by atoms with Crippen LogP contribution in [0.4, 0.5) is 5.00 Å². The van der Waals surface area contributed by atoms with Crippen molar-refractivity contribution >= 4 is 44.1 Å². The molecule has 0 saturated carbocycles. The van der Waals surface area contributed by atoms with Crippen LogP contribution in [0.25, 0.3) is 26.9 Å². The van der Waals surface area contributed by atoms with Crippen LogP contribution in [-0.4, -0.2) is 27.8 Å². The lowest BCUT2D eigenvalue weighted by Crippen LogP contribution is -2.20. The highest BCUT2D eigenvalue weighted by atomic mass is 32.1. The van der Waals surface area contributed by atoms with Gasteiger partial charge in [-0.1, -0.05) is 19.4 Å². The maximum absolute atomic E-state index is 12.3. The molecule has 3 aromatic rings. The van der Waals surface area contributed by atoms with E-state index in [4.69, 9.17) is 0 Å². The number of fused-ring (bicyclic) bond motifs is 1. The van der Waals surface area contributed by atoms with Crippen molar-refractivity contribution in [2.45, 2.75) is 45.6 Å². The lowest BCUT2D eigenvalue weighted by atomic mass is 10.00. The molecule has 0 fully saturated rings. The fraction of sp³-hybridized carbons (Fsp3) is 0.259. The molecule has 1 aliphatic rings. The summed E-state index contributed by atoms with van der Waals surface area (Å²) in [4.78, 5) is 21.3. The van der Waals surface area contributed by atoms with E-state index in [2.05, 4.69) is 40.1 Å². The number of benzene rings is 1. The van der Waals surface area contributed by atoms with Gasteiger partial charge in [-0.05, 0) is 73.7 Å². The highest BCUT2D eigenvalue weighted by molar-refractivity contribution is 7.23. The fourth-order valence-corrected chi connectivity index (χ4v) is 4.64. The SMILES string of the molecule is CCCCC(=O)Nc1cc2cc(C3=C=CC=C(C(C)(C)O)N=C3)cc(-c3ccccn3)c2s1. The lowest BCUT2D eigenvalue weighted by molar-refractivity contribution is -0.116. The lowest BCUT2D eigenvalue weighted by Gasteiger charge is -2.16. The molecule has 3 heterocycles. The van der Waals surface area contributed by atoms with Crippen molar-refractivity contribution in [3.63, 3.8) is 0 Å². The first kappa shape index (κ1) is 22.9. The summed E-state index contributed by atoms with van der Waals surface area (Å²) in [6.07, 6.45) is 9.45. The quantitative estimate of drug-likeness (QED) is 0.405. The minimum absolute atomic E-state index is 0.0368. The summed E-state index contributed by atoms with van der Waals surface area (Å²) in [6, 6.07) is 12.0. The molecule has 0 saturated heterocycles. The van der Waals surface area contributed by atoms with Gasteiger partial charge in [0.2, 0.25) is 5.91 Å². The van der Waals surface area contributed by atoms with Crippen LogP contribution in [-0.2, 0) is 4.79 Å². The number of aromatic nitrogens is 1. The van der Waals surface area contributed by atoms with E-state index in [0.717, 1.165) is 50.3 Å². The van der Waals surface area contributed by atoms with Gasteiger partial charge in [-0.3, -0.25) is 14.8 Å². The molecule has 1 aromatic carbocycles. The number of amides is 1. The Kier molecular flexibility index (Phi) is 6.70. The number of allylic oxidation sites excluding steroid dienone is 2. The molecule has 0 bridgehead atoms. The van der Waals surface area contributed by atoms with Gasteiger partial charge in [0, 0.05) is 34.7 Å². The molecule has 0 unspecified atom stereocenters. The van der Waals surface area contributed by atoms with Gasteiger partial charge < -0.3 is 10.4 Å². The van der Waals surface area contributed by atoms with Crippen LogP contribution in [0.3, 0.4) is 0 Å². The predicted octanol–water partition coefficient (Wildman–Crippen LogP) is 6.37. The number of thiophene rings is 1. The van der Waals surface area contributed by atoms with Gasteiger partial charge in [-0.2, -0.15) is 0 Å². The van der Waals surface area contributed by atoms with E-state index >= 15 is 0 Å². The number of carbonyl (C=O) groups is 1. The molecule has 5 nitrogen and oxygen atoms in total. The van der Waals surface area contributed by atoms with Gasteiger partial charge in [0.15, 0.2) is 0 Å². The second-order valence-electron chi connectivity index (χ2n) is 8.51. The van der Waals surface area contributed by atoms with Crippen molar-refractivity contribution in [2.24, 2.45) is 4.99 Å². The Labute approximate surface area is 197 Å². The van der Waals surface area contributed by atoms with Crippen LogP contribution in [0, 0.1) is 0 Å². The third kappa shape index (κ3) is 5.37. The zero-order valence-corrected chi connectivity index (χ0v) is 19.9. The summed E-state index contributed by atoms with van der Waals surface area (Å²) in [5, 5.41) is 15.2. The Morgan fingerprint density at radius 2 is 2.09 bits per heavy atom. The first-order valence-electron chi connectivity index (χ1n) is 11.1. The average Bonchev–Trinajstić information content (AvgIpc) is 3.02. The molecule has 1 amide bonds. The number of hydrogen-bond acceptors (Lipinski definition) is 5. The van der Waals surface area contributed by atoms with Gasteiger partial charge >= 0.3 is 0 Å². The molecule has 1 aliphatic heterocycles. The number of nitrogens with zero attached hydrogens (tertiary/aromatic N) is 2. The van der Waals surface area contributed by atoms with Gasteiger partial charge in [-0.25, -0.2) is 0 Å². The van der Waals surface area contributed by atoms with Gasteiger partial charge in [0.05, 0.1) is 16.4 Å². The molecule has 2 aromatic heterocycles. The third-order valence-electron chi connectivity index (χ3n) is 5.33. The van der Waals surface area contributed by atoms with Crippen molar-refractivity contribution in [2.75, 3.05) is 5.32 Å². The maximum atomic E-state index is 12.3. The molecule has 0 radical (unpaired) electrons. The number of anilines is 1. The molecular formula is C27H27N3O2S. The van der Waals surface area contributed by atoms with E-state index in [1.165, 1.54) is 0 Å². The molecule has 168 valence electrons. The number of carbonyl (C=O) groups excluding carboxylic acids is 1. The number of hydrogen-bond donors (Lipinski definition) is 2. The van der Waals surface area contributed by atoms with Crippen LogP contribution >= 0.6 is 11.3 Å². The van der Waals surface area contributed by atoms with Crippen molar-refractivity contribution < 1.29 is 9.90 Å². The Bertz CT molecular complexity index is 1300. The van der Waals surface area contributed by atoms with E-state index in [0.29, 0.717) is 12.1 Å². The standard InChI is InChI=1S/C27H27N3O2S/c1-4-5-12-24(31)30-25-16-20-14-19(18-9-8-11-23(29-17-18)27(2,3)32)15-21(26(20)33-25)22-10-6-7-13-28-22/h6-8,10-11,13-17,32H,4-5,12H2,1-3H3,(H,30,31). The minimum Gasteiger partial charge on any atom is -0.384 e. The Morgan fingerprint density at radius 3 is 2.82 bits per heavy atom. The van der Waals surface area contributed by atoms with E-state index < -0.39 is 5.60 Å². The topological polar surface area (TPSA) is 74.6 Å². The Morgan fingerprint density at radius 1 is 1.24 bits per heavy atom. The molecule has 2 N–H and O–H groups in total. The molecule has 0 aliphatic carbocycles. The van der Waals surface area contributed by atoms with Gasteiger partial charge in [0.1, 0.15) is 5.60 Å². The summed E-state index contributed by atoms with van der Waals surface area (Å²) in [5.74, 6) is 0.0368. The number of aliphatic hydroxyl groups is 1. The van der Waals surface area contributed by atoms with Crippen molar-refractivity contribution in [1.82, 2.24) is 4.98 Å². The highest BCUT2D eigenvalue weighted by Crippen LogP contribution is 2.39. The van der Waals surface area contributed by atoms with Crippen molar-refractivity contribution in [3.8, 4) is 11.3 Å². The van der Waals surface area contributed by atoms with Crippen LogP contribution in [0.5, 0.6) is 0 Å². The van der Waals surface area contributed by atoms with Gasteiger partial charge in [0.25, 0.3) is 0 Å². The molecule has 6 heteroatoms. The number of pyridine rings is 1. The number of nitrogens with one attached hydrogen (secondary N) is 1. The van der Waals surface area contributed by atoms with Crippen LogP contribution in [0.15, 0.2) is 71.2 Å². The van der Waals surface area contributed by atoms with Crippen molar-refractivity contribution in [1.29, 1.82) is 0 Å². The Balaban J connectivity index is 1.77. The largest absolute Gasteiger partial charge is 0.384 e. The monoisotopic (exact) mass is 457 g/mol. The maximum Gasteiger partial charge on any atom is 0.224 e. The second-order valence-corrected chi connectivity index (χ2v) is 9.57. The predicted molar refractivity (Wildman–Crippen MR) is 138 cm³/mol. The zero-order chi connectivity index (χ0) is 23.4. The summed E-state index contributed by atoms with van der Waals surface area (Å²) < 4.78 is 1.06. The van der Waals surface area contributed by atoms with Crippen LogP contribution < -0.4 is 5.32 Å². The van der Waals surface area contributed by atoms with E-state index in [9.17, 15) is 9.90 Å². The normalized spacial score (nSPS) is 13.6. The molecule has 0 atom stereocenters. The molecule has 33 heavy (non-hydrogen) atoms. The average molecular weight is 458 g/mol. The summed E-state index contributed by atoms with van der Waals surface area (Å²) in [5.41, 5.74) is 6.41. The van der Waals surface area contributed by atoms with E-state index in [1.807, 2.05) is 24.3 Å². The minimum atomic E-state index is -1.04. The second kappa shape index (κ2) is 9.67. The van der Waals surface area contributed by atoms with Gasteiger partial charge in [-0.15, -0.1) is 17.1 Å². The zero-order valence-electron chi connectivity index (χ0n) is 19.1. The smallest absolute Gasteiger partial charge is 0.224 e. The van der Waals surface area contributed by atoms with E-state index in [1.54, 1.807) is 49.7 Å². The highest BCUT2D eigenvalue weighted by Gasteiger charge is 2.19. The third-order valence-corrected chi connectivity index (χ3v) is 6.43.